The monoisotopic (exact) mass is 464 g/mol. The lowest BCUT2D eigenvalue weighted by atomic mass is 9.31. The van der Waals surface area contributed by atoms with Gasteiger partial charge in [-0.05, 0) is 97.7 Å². The standard InChI is InChI=1S/C32H32O3/c33-29-31-13-21-19-9-10-20(26-16-2-1-15(3-4-16)25(19)26)22(21)14-32(31,30(34)35-29)24-12-11-23(31)27-17-5-7-18(8-6-17)28(24)27/h1-2,5,7,9-12,15-20,23-28H,3-4,6,8,13-14H2/t15-,16+,17-,18+,19+,20-,23-,24+,25?,26?,27?,28?,31-,32+. The molecule has 4 fully saturated rings. The van der Waals surface area contributed by atoms with Crippen LogP contribution in [0.3, 0.4) is 0 Å². The summed E-state index contributed by atoms with van der Waals surface area (Å²) in [5, 5.41) is 0. The molecule has 3 heteroatoms. The Morgan fingerprint density at radius 3 is 1.34 bits per heavy atom. The van der Waals surface area contributed by atoms with Gasteiger partial charge in [0.1, 0.15) is 0 Å². The van der Waals surface area contributed by atoms with Crippen molar-refractivity contribution in [1.82, 2.24) is 0 Å². The predicted molar refractivity (Wildman–Crippen MR) is 129 cm³/mol. The van der Waals surface area contributed by atoms with Gasteiger partial charge in [-0.1, -0.05) is 59.8 Å². The number of ether oxygens (including phenoxy) is 1. The van der Waals surface area contributed by atoms with Gasteiger partial charge in [-0.25, -0.2) is 0 Å². The third-order valence-electron chi connectivity index (χ3n) is 13.5. The molecular formula is C32H32O3. The van der Waals surface area contributed by atoms with Crippen molar-refractivity contribution in [1.29, 1.82) is 0 Å². The van der Waals surface area contributed by atoms with Gasteiger partial charge in [-0.2, -0.15) is 0 Å². The normalized spacial score (nSPS) is 60.5. The molecule has 178 valence electrons. The van der Waals surface area contributed by atoms with Crippen molar-refractivity contribution in [2.24, 2.45) is 81.8 Å². The van der Waals surface area contributed by atoms with Crippen LogP contribution in [0.1, 0.15) is 38.5 Å². The second kappa shape index (κ2) is 5.71. The fraction of sp³-hybridized carbons (Fsp3) is 0.625. The third-order valence-corrected chi connectivity index (χ3v) is 13.5. The Hall–Kier alpha value is -2.16. The largest absolute Gasteiger partial charge is 0.392 e. The van der Waals surface area contributed by atoms with Crippen LogP contribution in [0.4, 0.5) is 0 Å². The van der Waals surface area contributed by atoms with Crippen LogP contribution in [0, 0.1) is 81.8 Å². The van der Waals surface area contributed by atoms with E-state index >= 15 is 0 Å². The van der Waals surface area contributed by atoms with E-state index in [1.54, 1.807) is 11.1 Å². The van der Waals surface area contributed by atoms with E-state index < -0.39 is 10.8 Å². The number of carbonyl (C=O) groups excluding carboxylic acids is 2. The van der Waals surface area contributed by atoms with Crippen molar-refractivity contribution in [2.45, 2.75) is 38.5 Å². The number of cyclic esters (lactones) is 2. The number of carbonyl (C=O) groups is 2. The summed E-state index contributed by atoms with van der Waals surface area (Å²) < 4.78 is 5.79. The summed E-state index contributed by atoms with van der Waals surface area (Å²) >= 11 is 0. The number of fused-ring (bicyclic) bond motifs is 2. The highest BCUT2D eigenvalue weighted by atomic mass is 16.6. The number of rotatable bonds is 0. The number of hydrogen-bond acceptors (Lipinski definition) is 3. The van der Waals surface area contributed by atoms with Crippen molar-refractivity contribution in [3.63, 3.8) is 0 Å². The van der Waals surface area contributed by atoms with Gasteiger partial charge in [0.05, 0.1) is 10.8 Å². The van der Waals surface area contributed by atoms with E-state index in [1.807, 2.05) is 0 Å². The molecular weight excluding hydrogens is 432 g/mol. The summed E-state index contributed by atoms with van der Waals surface area (Å²) in [6.07, 6.45) is 26.4. The van der Waals surface area contributed by atoms with Crippen LogP contribution in [-0.4, -0.2) is 11.9 Å². The van der Waals surface area contributed by atoms with Crippen LogP contribution in [0.15, 0.2) is 59.8 Å². The molecule has 14 aliphatic rings. The highest BCUT2D eigenvalue weighted by Crippen LogP contribution is 2.78. The maximum Gasteiger partial charge on any atom is 0.321 e. The molecule has 14 atom stereocenters. The van der Waals surface area contributed by atoms with Crippen LogP contribution in [0.5, 0.6) is 0 Å². The first-order chi connectivity index (χ1) is 17.1. The van der Waals surface area contributed by atoms with E-state index in [0.717, 1.165) is 12.8 Å². The van der Waals surface area contributed by atoms with E-state index in [1.165, 1.54) is 25.7 Å². The molecule has 0 amide bonds. The maximum atomic E-state index is 14.0. The minimum absolute atomic E-state index is 0.145. The van der Waals surface area contributed by atoms with Crippen LogP contribution in [0.25, 0.3) is 0 Å². The second-order valence-corrected chi connectivity index (χ2v) is 13.8. The highest BCUT2D eigenvalue weighted by molar-refractivity contribution is 6.04. The summed E-state index contributed by atoms with van der Waals surface area (Å²) in [7, 11) is 0. The van der Waals surface area contributed by atoms with Gasteiger partial charge in [0, 0.05) is 11.8 Å². The van der Waals surface area contributed by atoms with Crippen molar-refractivity contribution in [3.8, 4) is 0 Å². The Balaban J connectivity index is 1.19. The highest BCUT2D eigenvalue weighted by Gasteiger charge is 2.82. The Morgan fingerprint density at radius 2 is 0.943 bits per heavy atom. The number of allylic oxidation sites excluding steroid dienone is 10. The Bertz CT molecular complexity index is 1190. The summed E-state index contributed by atoms with van der Waals surface area (Å²) in [6, 6.07) is 0. The van der Waals surface area contributed by atoms with Gasteiger partial charge < -0.3 is 4.74 Å². The van der Waals surface area contributed by atoms with Crippen molar-refractivity contribution in [2.75, 3.05) is 0 Å². The minimum atomic E-state index is -0.668. The molecule has 35 heavy (non-hydrogen) atoms. The molecule has 3 saturated carbocycles. The van der Waals surface area contributed by atoms with E-state index in [-0.39, 0.29) is 23.8 Å². The Kier molecular flexibility index (Phi) is 3.10. The lowest BCUT2D eigenvalue weighted by Crippen LogP contribution is -2.69. The average molecular weight is 465 g/mol. The van der Waals surface area contributed by atoms with Gasteiger partial charge >= 0.3 is 11.9 Å². The molecule has 1 saturated heterocycles. The predicted octanol–water partition coefficient (Wildman–Crippen LogP) is 5.42. The molecule has 3 nitrogen and oxygen atoms in total. The SMILES string of the molecule is O=C1OC(=O)[C@@]23CC4=C(C[C@@]12[C@@H]1C=C[C@H]3C2C1[C@@H]1C=C[C@H]2CC1)[C@@H]1C=C[C@H]4C2C1[C@@H]1C=C[C@H]2CC1. The Morgan fingerprint density at radius 1 is 0.543 bits per heavy atom. The molecule has 0 aromatic carbocycles. The fourth-order valence-electron chi connectivity index (χ4n) is 12.5. The van der Waals surface area contributed by atoms with Gasteiger partial charge in [-0.15, -0.1) is 0 Å². The quantitative estimate of drug-likeness (QED) is 0.273. The zero-order valence-electron chi connectivity index (χ0n) is 20.0. The number of esters is 2. The first kappa shape index (κ1) is 19.0. The van der Waals surface area contributed by atoms with Crippen LogP contribution in [0.2, 0.25) is 0 Å². The zero-order valence-corrected chi connectivity index (χ0v) is 20.0. The molecule has 8 bridgehead atoms. The van der Waals surface area contributed by atoms with Crippen molar-refractivity contribution >= 4 is 11.9 Å². The molecule has 1 aliphatic heterocycles. The molecule has 0 N–H and O–H groups in total. The molecule has 0 spiro atoms. The maximum absolute atomic E-state index is 14.0. The van der Waals surface area contributed by atoms with Gasteiger partial charge in [-0.3, -0.25) is 9.59 Å². The molecule has 0 aromatic heterocycles. The summed E-state index contributed by atoms with van der Waals surface area (Å²) in [4.78, 5) is 28.0. The van der Waals surface area contributed by atoms with Gasteiger partial charge in [0.25, 0.3) is 0 Å². The molecule has 0 radical (unpaired) electrons. The van der Waals surface area contributed by atoms with Crippen molar-refractivity contribution in [3.05, 3.63) is 59.8 Å². The Labute approximate surface area is 206 Å². The molecule has 14 rings (SSSR count). The third kappa shape index (κ3) is 1.76. The first-order valence-corrected chi connectivity index (χ1v) is 14.4. The van der Waals surface area contributed by atoms with Crippen LogP contribution in [-0.2, 0) is 14.3 Å². The van der Waals surface area contributed by atoms with Crippen LogP contribution >= 0.6 is 0 Å². The van der Waals surface area contributed by atoms with E-state index in [4.69, 9.17) is 4.74 Å². The fourth-order valence-corrected chi connectivity index (χ4v) is 12.5. The smallest absolute Gasteiger partial charge is 0.321 e. The van der Waals surface area contributed by atoms with E-state index in [9.17, 15) is 9.59 Å². The summed E-state index contributed by atoms with van der Waals surface area (Å²) in [5.74, 6) is 5.72. The van der Waals surface area contributed by atoms with E-state index in [2.05, 4.69) is 48.6 Å². The molecule has 0 aromatic rings. The summed E-state index contributed by atoms with van der Waals surface area (Å²) in [5.41, 5.74) is 1.77. The van der Waals surface area contributed by atoms with E-state index in [0.29, 0.717) is 59.2 Å². The van der Waals surface area contributed by atoms with Gasteiger partial charge in [0.15, 0.2) is 0 Å². The molecule has 1 heterocycles. The lowest BCUT2D eigenvalue weighted by molar-refractivity contribution is -0.183. The van der Waals surface area contributed by atoms with Gasteiger partial charge in [0.2, 0.25) is 0 Å². The number of hydrogen-bond donors (Lipinski definition) is 0. The molecule has 13 aliphatic carbocycles. The zero-order chi connectivity index (χ0) is 22.8. The first-order valence-electron chi connectivity index (χ1n) is 14.4. The van der Waals surface area contributed by atoms with Crippen LogP contribution < -0.4 is 0 Å². The lowest BCUT2D eigenvalue weighted by Gasteiger charge is -2.69. The summed E-state index contributed by atoms with van der Waals surface area (Å²) in [6.45, 7) is 0. The van der Waals surface area contributed by atoms with Crippen molar-refractivity contribution < 1.29 is 14.3 Å². The second-order valence-electron chi connectivity index (χ2n) is 13.8. The molecule has 4 unspecified atom stereocenters. The average Bonchev–Trinajstić information content (AvgIpc) is 3.17. The topological polar surface area (TPSA) is 43.4 Å². The minimum Gasteiger partial charge on any atom is -0.392 e.